The van der Waals surface area contributed by atoms with Crippen LogP contribution in [-0.4, -0.2) is 45.8 Å². The van der Waals surface area contributed by atoms with E-state index in [9.17, 15) is 9.59 Å². The molecule has 2 amide bonds. The number of rotatable bonds is 3. The van der Waals surface area contributed by atoms with Gasteiger partial charge in [0, 0.05) is 11.8 Å². The van der Waals surface area contributed by atoms with E-state index in [-0.39, 0.29) is 17.9 Å². The van der Waals surface area contributed by atoms with Gasteiger partial charge in [0.1, 0.15) is 11.6 Å². The Hall–Kier alpha value is -0.710. The van der Waals surface area contributed by atoms with Gasteiger partial charge >= 0.3 is 0 Å². The summed E-state index contributed by atoms with van der Waals surface area (Å²) in [6.07, 6.45) is 3.07. The van der Waals surface area contributed by atoms with E-state index in [0.29, 0.717) is 11.7 Å². The zero-order valence-corrected chi connectivity index (χ0v) is 12.2. The van der Waals surface area contributed by atoms with Crippen molar-refractivity contribution >= 4 is 23.6 Å². The van der Waals surface area contributed by atoms with Crippen LogP contribution in [0.1, 0.15) is 40.0 Å². The number of thioether (sulfide) groups is 1. The first kappa shape index (κ1) is 13.7. The lowest BCUT2D eigenvalue weighted by Crippen LogP contribution is -2.68. The maximum Gasteiger partial charge on any atom is 0.248 e. The standard InChI is InChI=1S/C13H22N2O2S/c1-4-10-11(16)14-13(2,3)12(17)15(10)8-9-6-5-7-18-9/h9-10H,4-8H2,1-3H3,(H,14,16). The van der Waals surface area contributed by atoms with Crippen LogP contribution < -0.4 is 5.32 Å². The molecule has 0 bridgehead atoms. The third-order valence-electron chi connectivity index (χ3n) is 3.72. The molecule has 5 heteroatoms. The molecule has 2 aliphatic heterocycles. The maximum atomic E-state index is 12.5. The molecule has 2 fully saturated rings. The van der Waals surface area contributed by atoms with Crippen molar-refractivity contribution in [3.8, 4) is 0 Å². The Morgan fingerprint density at radius 1 is 1.44 bits per heavy atom. The molecule has 2 saturated heterocycles. The Morgan fingerprint density at radius 2 is 2.17 bits per heavy atom. The van der Waals surface area contributed by atoms with Crippen LogP contribution in [-0.2, 0) is 9.59 Å². The van der Waals surface area contributed by atoms with Crippen LogP contribution >= 0.6 is 11.8 Å². The Bertz CT molecular complexity index is 351. The normalized spacial score (nSPS) is 31.6. The minimum atomic E-state index is -0.758. The van der Waals surface area contributed by atoms with Crippen molar-refractivity contribution in [3.05, 3.63) is 0 Å². The van der Waals surface area contributed by atoms with E-state index in [4.69, 9.17) is 0 Å². The SMILES string of the molecule is CCC1C(=O)NC(C)(C)C(=O)N1CC1CCCS1. The van der Waals surface area contributed by atoms with Crippen molar-refractivity contribution in [2.45, 2.75) is 56.9 Å². The number of carbonyl (C=O) groups is 2. The van der Waals surface area contributed by atoms with Crippen molar-refractivity contribution in [2.75, 3.05) is 12.3 Å². The molecular formula is C13H22N2O2S. The first-order chi connectivity index (χ1) is 8.45. The summed E-state index contributed by atoms with van der Waals surface area (Å²) in [5, 5.41) is 3.33. The lowest BCUT2D eigenvalue weighted by molar-refractivity contribution is -0.153. The van der Waals surface area contributed by atoms with Crippen LogP contribution in [0.2, 0.25) is 0 Å². The summed E-state index contributed by atoms with van der Waals surface area (Å²) in [7, 11) is 0. The number of nitrogens with one attached hydrogen (secondary N) is 1. The lowest BCUT2D eigenvalue weighted by Gasteiger charge is -2.43. The van der Waals surface area contributed by atoms with E-state index in [1.54, 1.807) is 13.8 Å². The van der Waals surface area contributed by atoms with E-state index in [2.05, 4.69) is 5.32 Å². The minimum absolute atomic E-state index is 0.00917. The van der Waals surface area contributed by atoms with Gasteiger partial charge < -0.3 is 10.2 Å². The van der Waals surface area contributed by atoms with E-state index in [0.717, 1.165) is 13.0 Å². The van der Waals surface area contributed by atoms with Gasteiger partial charge in [0.05, 0.1) is 0 Å². The predicted octanol–water partition coefficient (Wildman–Crippen LogP) is 1.40. The molecule has 4 nitrogen and oxygen atoms in total. The molecule has 0 aromatic carbocycles. The van der Waals surface area contributed by atoms with Crippen molar-refractivity contribution in [1.82, 2.24) is 10.2 Å². The highest BCUT2D eigenvalue weighted by Gasteiger charge is 2.45. The van der Waals surface area contributed by atoms with E-state index in [1.165, 1.54) is 12.2 Å². The Balaban J connectivity index is 2.15. The second-order valence-corrected chi connectivity index (χ2v) is 7.04. The van der Waals surface area contributed by atoms with E-state index < -0.39 is 5.54 Å². The van der Waals surface area contributed by atoms with Crippen molar-refractivity contribution in [2.24, 2.45) is 0 Å². The van der Waals surface area contributed by atoms with Gasteiger partial charge in [-0.15, -0.1) is 0 Å². The molecule has 2 heterocycles. The molecule has 2 atom stereocenters. The highest BCUT2D eigenvalue weighted by Crippen LogP contribution is 2.29. The zero-order chi connectivity index (χ0) is 13.3. The summed E-state index contributed by atoms with van der Waals surface area (Å²) in [4.78, 5) is 26.3. The Kier molecular flexibility index (Phi) is 3.90. The number of hydrogen-bond donors (Lipinski definition) is 1. The fourth-order valence-corrected chi connectivity index (χ4v) is 3.98. The molecular weight excluding hydrogens is 248 g/mol. The molecule has 0 saturated carbocycles. The quantitative estimate of drug-likeness (QED) is 0.843. The van der Waals surface area contributed by atoms with Gasteiger partial charge in [0.15, 0.2) is 0 Å². The van der Waals surface area contributed by atoms with Gasteiger partial charge in [-0.2, -0.15) is 11.8 Å². The summed E-state index contributed by atoms with van der Waals surface area (Å²) < 4.78 is 0. The highest BCUT2D eigenvalue weighted by atomic mass is 32.2. The number of hydrogen-bond acceptors (Lipinski definition) is 3. The summed E-state index contributed by atoms with van der Waals surface area (Å²) in [6.45, 7) is 6.26. The van der Waals surface area contributed by atoms with Gasteiger partial charge in [0.25, 0.3) is 0 Å². The second kappa shape index (κ2) is 5.11. The molecule has 2 rings (SSSR count). The summed E-state index contributed by atoms with van der Waals surface area (Å²) >= 11 is 1.93. The number of amides is 2. The van der Waals surface area contributed by atoms with Crippen LogP contribution in [0.15, 0.2) is 0 Å². The van der Waals surface area contributed by atoms with E-state index >= 15 is 0 Å². The third-order valence-corrected chi connectivity index (χ3v) is 5.10. The summed E-state index contributed by atoms with van der Waals surface area (Å²) in [5.41, 5.74) is -0.758. The largest absolute Gasteiger partial charge is 0.340 e. The molecule has 2 aliphatic rings. The molecule has 18 heavy (non-hydrogen) atoms. The second-order valence-electron chi connectivity index (χ2n) is 5.63. The Labute approximate surface area is 113 Å². The van der Waals surface area contributed by atoms with Crippen LogP contribution in [0.4, 0.5) is 0 Å². The topological polar surface area (TPSA) is 49.4 Å². The monoisotopic (exact) mass is 270 g/mol. The van der Waals surface area contributed by atoms with Crippen molar-refractivity contribution in [1.29, 1.82) is 0 Å². The molecule has 2 unspecified atom stereocenters. The molecule has 102 valence electrons. The third kappa shape index (κ3) is 2.51. The lowest BCUT2D eigenvalue weighted by atomic mass is 9.95. The molecule has 0 aromatic heterocycles. The number of carbonyl (C=O) groups excluding carboxylic acids is 2. The average Bonchev–Trinajstić information content (AvgIpc) is 2.78. The minimum Gasteiger partial charge on any atom is -0.340 e. The fraction of sp³-hybridized carbons (Fsp3) is 0.846. The van der Waals surface area contributed by atoms with Gasteiger partial charge in [-0.05, 0) is 38.9 Å². The van der Waals surface area contributed by atoms with E-state index in [1.807, 2.05) is 23.6 Å². The van der Waals surface area contributed by atoms with Gasteiger partial charge in [-0.3, -0.25) is 9.59 Å². The fourth-order valence-electron chi connectivity index (χ4n) is 2.71. The first-order valence-corrected chi connectivity index (χ1v) is 7.75. The Morgan fingerprint density at radius 3 is 2.72 bits per heavy atom. The highest BCUT2D eigenvalue weighted by molar-refractivity contribution is 8.00. The number of nitrogens with zero attached hydrogens (tertiary/aromatic N) is 1. The van der Waals surface area contributed by atoms with Gasteiger partial charge in [-0.25, -0.2) is 0 Å². The molecule has 0 aliphatic carbocycles. The molecule has 0 aromatic rings. The predicted molar refractivity (Wildman–Crippen MR) is 73.5 cm³/mol. The summed E-state index contributed by atoms with van der Waals surface area (Å²) in [5.74, 6) is 1.23. The smallest absolute Gasteiger partial charge is 0.248 e. The van der Waals surface area contributed by atoms with Crippen molar-refractivity contribution < 1.29 is 9.59 Å². The summed E-state index contributed by atoms with van der Waals surface area (Å²) in [6, 6.07) is -0.285. The molecule has 0 spiro atoms. The maximum absolute atomic E-state index is 12.5. The van der Waals surface area contributed by atoms with Crippen LogP contribution in [0.5, 0.6) is 0 Å². The van der Waals surface area contributed by atoms with Crippen LogP contribution in [0.25, 0.3) is 0 Å². The van der Waals surface area contributed by atoms with Gasteiger partial charge in [-0.1, -0.05) is 6.92 Å². The average molecular weight is 270 g/mol. The molecule has 0 radical (unpaired) electrons. The van der Waals surface area contributed by atoms with Gasteiger partial charge in [0.2, 0.25) is 11.8 Å². The number of piperazine rings is 1. The van der Waals surface area contributed by atoms with Crippen LogP contribution in [0.3, 0.4) is 0 Å². The first-order valence-electron chi connectivity index (χ1n) is 6.70. The molecule has 1 N–H and O–H groups in total. The zero-order valence-electron chi connectivity index (χ0n) is 11.4. The van der Waals surface area contributed by atoms with Crippen molar-refractivity contribution in [3.63, 3.8) is 0 Å². The van der Waals surface area contributed by atoms with Crippen LogP contribution in [0, 0.1) is 0 Å².